The van der Waals surface area contributed by atoms with E-state index in [2.05, 4.69) is 42.8 Å². The fourth-order valence-corrected chi connectivity index (χ4v) is 6.01. The molecule has 3 aliphatic rings. The second kappa shape index (κ2) is 10.8. The van der Waals surface area contributed by atoms with Crippen molar-refractivity contribution in [3.05, 3.63) is 70.8 Å². The van der Waals surface area contributed by atoms with Gasteiger partial charge in [-0.15, -0.1) is 0 Å². The monoisotopic (exact) mass is 517 g/mol. The Balaban J connectivity index is 1.43. The van der Waals surface area contributed by atoms with E-state index in [1.807, 2.05) is 49.1 Å². The largest absolute Gasteiger partial charge is 0.356 e. The second-order valence-electron chi connectivity index (χ2n) is 11.5. The van der Waals surface area contributed by atoms with Gasteiger partial charge in [-0.2, -0.15) is 5.43 Å². The van der Waals surface area contributed by atoms with Crippen molar-refractivity contribution in [2.45, 2.75) is 72.4 Å². The predicted octanol–water partition coefficient (Wildman–Crippen LogP) is 3.93. The van der Waals surface area contributed by atoms with Crippen LogP contribution in [0.1, 0.15) is 55.4 Å². The number of carbonyl (C=O) groups is 3. The van der Waals surface area contributed by atoms with Crippen LogP contribution in [0.5, 0.6) is 0 Å². The predicted molar refractivity (Wildman–Crippen MR) is 145 cm³/mol. The van der Waals surface area contributed by atoms with Gasteiger partial charge in [0.1, 0.15) is 0 Å². The van der Waals surface area contributed by atoms with Crippen molar-refractivity contribution in [3.8, 4) is 0 Å². The number of rotatable bonds is 7. The maximum Gasteiger partial charge on any atom is 0.337 e. The zero-order valence-electron chi connectivity index (χ0n) is 22.8. The molecule has 2 saturated heterocycles. The quantitative estimate of drug-likeness (QED) is 0.583. The maximum atomic E-state index is 13.9. The molecule has 0 bridgehead atoms. The first kappa shape index (κ1) is 26.2. The van der Waals surface area contributed by atoms with Crippen LogP contribution in [-0.2, 0) is 22.7 Å². The second-order valence-corrected chi connectivity index (χ2v) is 11.5. The van der Waals surface area contributed by atoms with Crippen LogP contribution in [-0.4, -0.2) is 51.5 Å². The number of benzene rings is 2. The normalized spacial score (nSPS) is 25.0. The van der Waals surface area contributed by atoms with Crippen molar-refractivity contribution in [1.29, 1.82) is 0 Å². The number of amides is 4. The van der Waals surface area contributed by atoms with E-state index < -0.39 is 6.29 Å². The maximum absolute atomic E-state index is 13.9. The molecule has 5 rings (SSSR count). The minimum Gasteiger partial charge on any atom is -0.356 e. The molecule has 0 aromatic heterocycles. The third kappa shape index (κ3) is 5.14. The van der Waals surface area contributed by atoms with Crippen molar-refractivity contribution in [1.82, 2.24) is 25.6 Å². The molecule has 2 aromatic rings. The highest BCUT2D eigenvalue weighted by molar-refractivity contribution is 5.87. The summed E-state index contributed by atoms with van der Waals surface area (Å²) < 4.78 is 0. The first-order valence-corrected chi connectivity index (χ1v) is 13.8. The number of fused-ring (bicyclic) bond motifs is 3. The van der Waals surface area contributed by atoms with Crippen molar-refractivity contribution in [2.24, 2.45) is 17.8 Å². The fraction of sp³-hybridized carbons (Fsp3) is 0.500. The molecular formula is C30H39N5O3. The SMILES string of the molecule is Cc1ccc(C)c(CN2NC3N(Cc4ccccc4)C(=O)C4CCC(C(=O)NCC(C)C)CC4N3C2=O)c1. The van der Waals surface area contributed by atoms with Gasteiger partial charge in [-0.05, 0) is 55.7 Å². The molecule has 0 radical (unpaired) electrons. The first-order chi connectivity index (χ1) is 18.2. The van der Waals surface area contributed by atoms with E-state index in [1.54, 1.807) is 9.91 Å². The van der Waals surface area contributed by atoms with E-state index in [-0.39, 0.29) is 35.7 Å². The minimum atomic E-state index is -0.584. The van der Waals surface area contributed by atoms with Gasteiger partial charge in [0.05, 0.1) is 12.5 Å². The highest BCUT2D eigenvalue weighted by Crippen LogP contribution is 2.41. The van der Waals surface area contributed by atoms with Crippen molar-refractivity contribution < 1.29 is 14.4 Å². The van der Waals surface area contributed by atoms with Crippen molar-refractivity contribution in [3.63, 3.8) is 0 Å². The van der Waals surface area contributed by atoms with Crippen LogP contribution in [0.4, 0.5) is 4.79 Å². The number of carbonyl (C=O) groups excluding carboxylic acids is 3. The Bertz CT molecular complexity index is 1200. The van der Waals surface area contributed by atoms with Crippen LogP contribution in [0.2, 0.25) is 0 Å². The van der Waals surface area contributed by atoms with Gasteiger partial charge in [0.25, 0.3) is 0 Å². The third-order valence-corrected chi connectivity index (χ3v) is 8.14. The Hall–Kier alpha value is -3.39. The molecular weight excluding hydrogens is 478 g/mol. The number of hydrogen-bond acceptors (Lipinski definition) is 4. The number of nitrogens with one attached hydrogen (secondary N) is 2. The molecule has 4 unspecified atom stereocenters. The third-order valence-electron chi connectivity index (χ3n) is 8.14. The van der Waals surface area contributed by atoms with E-state index in [4.69, 9.17) is 0 Å². The standard InChI is InChI=1S/C30H39N5O3/c1-19(2)16-31-27(36)23-12-13-25-26(15-23)35-29(33(28(25)37)17-22-8-6-5-7-9-22)32-34(30(35)38)18-24-14-20(3)10-11-21(24)4/h5-11,14,19,23,25-26,29,32H,12-13,15-18H2,1-4H3,(H,31,36). The Kier molecular flexibility index (Phi) is 7.43. The van der Waals surface area contributed by atoms with Gasteiger partial charge in [0.15, 0.2) is 6.29 Å². The van der Waals surface area contributed by atoms with Crippen molar-refractivity contribution >= 4 is 17.8 Å². The molecule has 2 N–H and O–H groups in total. The number of hydrazine groups is 1. The van der Waals surface area contributed by atoms with Gasteiger partial charge in [0.2, 0.25) is 11.8 Å². The highest BCUT2D eigenvalue weighted by Gasteiger charge is 2.56. The summed E-state index contributed by atoms with van der Waals surface area (Å²) in [5.74, 6) is -0.0688. The van der Waals surface area contributed by atoms with E-state index in [0.29, 0.717) is 44.8 Å². The Morgan fingerprint density at radius 1 is 1.05 bits per heavy atom. The number of nitrogens with zero attached hydrogens (tertiary/aromatic N) is 3. The van der Waals surface area contributed by atoms with Crippen LogP contribution >= 0.6 is 0 Å². The van der Waals surface area contributed by atoms with Gasteiger partial charge in [0, 0.05) is 25.0 Å². The van der Waals surface area contributed by atoms with E-state index in [0.717, 1.165) is 22.3 Å². The van der Waals surface area contributed by atoms with Gasteiger partial charge in [-0.1, -0.05) is 67.9 Å². The summed E-state index contributed by atoms with van der Waals surface area (Å²) in [5.41, 5.74) is 7.71. The van der Waals surface area contributed by atoms with Gasteiger partial charge in [-0.3, -0.25) is 19.5 Å². The summed E-state index contributed by atoms with van der Waals surface area (Å²) in [6, 6.07) is 15.7. The highest BCUT2D eigenvalue weighted by atomic mass is 16.2. The molecule has 1 saturated carbocycles. The molecule has 8 nitrogen and oxygen atoms in total. The van der Waals surface area contributed by atoms with Crippen LogP contribution in [0.3, 0.4) is 0 Å². The number of hydrogen-bond donors (Lipinski definition) is 2. The first-order valence-electron chi connectivity index (χ1n) is 13.8. The summed E-state index contributed by atoms with van der Waals surface area (Å²) in [7, 11) is 0. The van der Waals surface area contributed by atoms with E-state index in [1.165, 1.54) is 0 Å². The summed E-state index contributed by atoms with van der Waals surface area (Å²) in [5, 5.41) is 4.70. The summed E-state index contributed by atoms with van der Waals surface area (Å²) in [6.45, 7) is 9.68. The Morgan fingerprint density at radius 3 is 2.55 bits per heavy atom. The summed E-state index contributed by atoms with van der Waals surface area (Å²) >= 11 is 0. The molecule has 1 aliphatic carbocycles. The molecule has 38 heavy (non-hydrogen) atoms. The molecule has 8 heteroatoms. The molecule has 3 fully saturated rings. The summed E-state index contributed by atoms with van der Waals surface area (Å²) in [4.78, 5) is 44.5. The lowest BCUT2D eigenvalue weighted by Crippen LogP contribution is -2.66. The topological polar surface area (TPSA) is 85.0 Å². The number of urea groups is 1. The van der Waals surface area contributed by atoms with Crippen LogP contribution in [0.25, 0.3) is 0 Å². The van der Waals surface area contributed by atoms with Gasteiger partial charge < -0.3 is 10.2 Å². The zero-order chi connectivity index (χ0) is 27.0. The molecule has 4 amide bonds. The van der Waals surface area contributed by atoms with Gasteiger partial charge in [-0.25, -0.2) is 4.79 Å². The Morgan fingerprint density at radius 2 is 1.82 bits per heavy atom. The lowest BCUT2D eigenvalue weighted by molar-refractivity contribution is -0.159. The smallest absolute Gasteiger partial charge is 0.337 e. The van der Waals surface area contributed by atoms with Gasteiger partial charge >= 0.3 is 6.03 Å². The van der Waals surface area contributed by atoms with E-state index >= 15 is 0 Å². The molecule has 2 aliphatic heterocycles. The molecule has 2 aromatic carbocycles. The lowest BCUT2D eigenvalue weighted by atomic mass is 9.75. The van der Waals surface area contributed by atoms with Crippen LogP contribution < -0.4 is 10.7 Å². The Labute approximate surface area is 225 Å². The lowest BCUT2D eigenvalue weighted by Gasteiger charge is -2.49. The molecule has 4 atom stereocenters. The zero-order valence-corrected chi connectivity index (χ0v) is 22.8. The molecule has 2 heterocycles. The molecule has 0 spiro atoms. The molecule has 202 valence electrons. The van der Waals surface area contributed by atoms with Crippen LogP contribution in [0.15, 0.2) is 48.5 Å². The number of aryl methyl sites for hydroxylation is 2. The van der Waals surface area contributed by atoms with E-state index in [9.17, 15) is 14.4 Å². The minimum absolute atomic E-state index is 0.0275. The van der Waals surface area contributed by atoms with Crippen LogP contribution in [0, 0.1) is 31.6 Å². The average molecular weight is 518 g/mol. The average Bonchev–Trinajstić information content (AvgIpc) is 3.23. The van der Waals surface area contributed by atoms with Crippen molar-refractivity contribution in [2.75, 3.05) is 6.54 Å². The summed E-state index contributed by atoms with van der Waals surface area (Å²) in [6.07, 6.45) is 1.17. The fourth-order valence-electron chi connectivity index (χ4n) is 6.01.